The zero-order valence-corrected chi connectivity index (χ0v) is 13.1. The number of ether oxygens (including phenoxy) is 1. The van der Waals surface area contributed by atoms with Crippen LogP contribution in [-0.2, 0) is 11.3 Å². The molecule has 1 saturated heterocycles. The molecule has 5 nitrogen and oxygen atoms in total. The summed E-state index contributed by atoms with van der Waals surface area (Å²) in [6.07, 6.45) is -0.0339. The predicted molar refractivity (Wildman–Crippen MR) is 81.3 cm³/mol. The molecule has 1 aliphatic heterocycles. The van der Waals surface area contributed by atoms with Crippen molar-refractivity contribution in [3.63, 3.8) is 0 Å². The Morgan fingerprint density at radius 1 is 1.64 bits per heavy atom. The maximum absolute atomic E-state index is 13.1. The van der Waals surface area contributed by atoms with Crippen LogP contribution in [0.4, 0.5) is 9.18 Å². The molecule has 2 N–H and O–H groups in total. The Kier molecular flexibility index (Phi) is 5.99. The number of aliphatic hydroxyl groups excluding tert-OH is 1. The Bertz CT molecular complexity index is 528. The predicted octanol–water partition coefficient (Wildman–Crippen LogP) is 2.16. The van der Waals surface area contributed by atoms with Crippen molar-refractivity contribution in [2.75, 3.05) is 19.8 Å². The number of aliphatic hydroxyl groups is 1. The Hall–Kier alpha value is -1.37. The summed E-state index contributed by atoms with van der Waals surface area (Å²) in [7, 11) is 0. The van der Waals surface area contributed by atoms with Gasteiger partial charge in [-0.25, -0.2) is 9.18 Å². The molecule has 1 aromatic rings. The third-order valence-electron chi connectivity index (χ3n) is 3.53. The van der Waals surface area contributed by atoms with Crippen LogP contribution in [0.3, 0.4) is 0 Å². The van der Waals surface area contributed by atoms with Gasteiger partial charge in [0.2, 0.25) is 0 Å². The minimum absolute atomic E-state index is 0.0325. The van der Waals surface area contributed by atoms with Crippen molar-refractivity contribution < 1.29 is 19.0 Å². The first-order valence-corrected chi connectivity index (χ1v) is 7.59. The van der Waals surface area contributed by atoms with Crippen LogP contribution < -0.4 is 5.32 Å². The van der Waals surface area contributed by atoms with Gasteiger partial charge in [0.25, 0.3) is 0 Å². The highest BCUT2D eigenvalue weighted by Crippen LogP contribution is 2.16. The molecular formula is C15H20ClFN2O3. The first-order valence-electron chi connectivity index (χ1n) is 7.21. The molecule has 1 aromatic carbocycles. The first kappa shape index (κ1) is 17.0. The van der Waals surface area contributed by atoms with Gasteiger partial charge in [-0.1, -0.05) is 17.7 Å². The van der Waals surface area contributed by atoms with E-state index in [0.29, 0.717) is 26.2 Å². The van der Waals surface area contributed by atoms with Gasteiger partial charge >= 0.3 is 6.03 Å². The van der Waals surface area contributed by atoms with E-state index in [0.717, 1.165) is 5.56 Å². The Labute approximate surface area is 134 Å². The molecular weight excluding hydrogens is 311 g/mol. The summed E-state index contributed by atoms with van der Waals surface area (Å²) in [5.74, 6) is -0.484. The van der Waals surface area contributed by atoms with Gasteiger partial charge in [0.05, 0.1) is 30.4 Å². The fourth-order valence-electron chi connectivity index (χ4n) is 2.44. The van der Waals surface area contributed by atoms with E-state index in [1.54, 1.807) is 17.9 Å². The number of rotatable bonds is 4. The van der Waals surface area contributed by atoms with Crippen LogP contribution in [-0.4, -0.2) is 47.9 Å². The summed E-state index contributed by atoms with van der Waals surface area (Å²) in [4.78, 5) is 14.0. The first-order chi connectivity index (χ1) is 10.5. The normalized spacial score (nSPS) is 19.8. The number of hydrogen-bond donors (Lipinski definition) is 2. The molecule has 0 spiro atoms. The summed E-state index contributed by atoms with van der Waals surface area (Å²) in [6, 6.07) is 3.96. The Morgan fingerprint density at radius 2 is 2.41 bits per heavy atom. The minimum Gasteiger partial charge on any atom is -0.393 e. The smallest absolute Gasteiger partial charge is 0.318 e. The van der Waals surface area contributed by atoms with Crippen LogP contribution >= 0.6 is 11.6 Å². The van der Waals surface area contributed by atoms with Gasteiger partial charge in [0.15, 0.2) is 0 Å². The average Bonchev–Trinajstić information content (AvgIpc) is 2.48. The summed E-state index contributed by atoms with van der Waals surface area (Å²) < 4.78 is 18.5. The number of carbonyl (C=O) groups excluding carboxylic acids is 1. The van der Waals surface area contributed by atoms with Gasteiger partial charge in [0.1, 0.15) is 5.82 Å². The van der Waals surface area contributed by atoms with E-state index < -0.39 is 11.9 Å². The number of morpholine rings is 1. The van der Waals surface area contributed by atoms with Crippen molar-refractivity contribution in [1.82, 2.24) is 10.2 Å². The van der Waals surface area contributed by atoms with Gasteiger partial charge in [-0.3, -0.25) is 0 Å². The van der Waals surface area contributed by atoms with Crippen LogP contribution in [0.2, 0.25) is 5.02 Å². The largest absolute Gasteiger partial charge is 0.393 e. The number of nitrogens with zero attached hydrogens (tertiary/aromatic N) is 1. The van der Waals surface area contributed by atoms with Crippen LogP contribution in [0.15, 0.2) is 18.2 Å². The summed E-state index contributed by atoms with van der Waals surface area (Å²) in [5, 5.41) is 12.3. The van der Waals surface area contributed by atoms with Gasteiger partial charge in [-0.05, 0) is 31.0 Å². The summed E-state index contributed by atoms with van der Waals surface area (Å²) in [6.45, 7) is 3.32. The lowest BCUT2D eigenvalue weighted by Crippen LogP contribution is -2.53. The third kappa shape index (κ3) is 4.56. The molecule has 2 atom stereocenters. The number of hydrogen-bond acceptors (Lipinski definition) is 3. The lowest BCUT2D eigenvalue weighted by molar-refractivity contribution is -0.00437. The van der Waals surface area contributed by atoms with Crippen molar-refractivity contribution in [2.24, 2.45) is 0 Å². The highest BCUT2D eigenvalue weighted by atomic mass is 35.5. The fraction of sp³-hybridized carbons (Fsp3) is 0.533. The fourth-order valence-corrected chi connectivity index (χ4v) is 2.64. The van der Waals surface area contributed by atoms with Crippen molar-refractivity contribution in [2.45, 2.75) is 32.0 Å². The Balaban J connectivity index is 1.93. The molecule has 0 bridgehead atoms. The van der Waals surface area contributed by atoms with Crippen molar-refractivity contribution in [3.8, 4) is 0 Å². The second kappa shape index (κ2) is 7.76. The zero-order valence-electron chi connectivity index (χ0n) is 12.4. The lowest BCUT2D eigenvalue weighted by Gasteiger charge is -2.36. The van der Waals surface area contributed by atoms with E-state index in [2.05, 4.69) is 5.32 Å². The molecule has 0 unspecified atom stereocenters. The quantitative estimate of drug-likeness (QED) is 0.889. The van der Waals surface area contributed by atoms with Gasteiger partial charge in [-0.2, -0.15) is 0 Å². The van der Waals surface area contributed by atoms with E-state index >= 15 is 0 Å². The number of carbonyl (C=O) groups is 1. The summed E-state index contributed by atoms with van der Waals surface area (Å²) in [5.41, 5.74) is 0.722. The maximum atomic E-state index is 13.1. The lowest BCUT2D eigenvalue weighted by atomic mass is 10.1. The molecule has 0 aromatic heterocycles. The van der Waals surface area contributed by atoms with Crippen LogP contribution in [0, 0.1) is 5.82 Å². The van der Waals surface area contributed by atoms with E-state index in [-0.39, 0.29) is 23.6 Å². The Morgan fingerprint density at radius 3 is 3.09 bits per heavy atom. The van der Waals surface area contributed by atoms with Crippen LogP contribution in [0.25, 0.3) is 0 Å². The summed E-state index contributed by atoms with van der Waals surface area (Å²) >= 11 is 5.72. The monoisotopic (exact) mass is 330 g/mol. The van der Waals surface area contributed by atoms with Crippen molar-refractivity contribution in [3.05, 3.63) is 34.6 Å². The molecule has 122 valence electrons. The number of halogens is 2. The minimum atomic E-state index is -0.502. The van der Waals surface area contributed by atoms with Crippen molar-refractivity contribution >= 4 is 17.6 Å². The highest BCUT2D eigenvalue weighted by molar-refractivity contribution is 6.30. The molecule has 2 amide bonds. The van der Waals surface area contributed by atoms with E-state index in [1.165, 1.54) is 12.1 Å². The van der Waals surface area contributed by atoms with Crippen LogP contribution in [0.5, 0.6) is 0 Å². The number of benzene rings is 1. The van der Waals surface area contributed by atoms with Crippen molar-refractivity contribution in [1.29, 1.82) is 0 Å². The molecule has 22 heavy (non-hydrogen) atoms. The van der Waals surface area contributed by atoms with Crippen LogP contribution in [0.1, 0.15) is 18.9 Å². The van der Waals surface area contributed by atoms with Gasteiger partial charge < -0.3 is 20.1 Å². The third-order valence-corrected chi connectivity index (χ3v) is 3.82. The average molecular weight is 331 g/mol. The SMILES string of the molecule is C[C@H](O)C[C@@H]1COCCN1C(=O)NCc1ccc(F)c(Cl)c1. The second-order valence-corrected chi connectivity index (χ2v) is 5.82. The topological polar surface area (TPSA) is 61.8 Å². The number of nitrogens with one attached hydrogen (secondary N) is 1. The number of amides is 2. The molecule has 0 radical (unpaired) electrons. The second-order valence-electron chi connectivity index (χ2n) is 5.41. The van der Waals surface area contributed by atoms with E-state index in [9.17, 15) is 14.3 Å². The molecule has 2 rings (SSSR count). The number of urea groups is 1. The maximum Gasteiger partial charge on any atom is 0.318 e. The molecule has 0 aliphatic carbocycles. The molecule has 1 aliphatic rings. The molecule has 0 saturated carbocycles. The van der Waals surface area contributed by atoms with Gasteiger partial charge in [0, 0.05) is 13.1 Å². The molecule has 1 heterocycles. The van der Waals surface area contributed by atoms with Gasteiger partial charge in [-0.15, -0.1) is 0 Å². The standard InChI is InChI=1S/C15H20ClFN2O3/c1-10(20)6-12-9-22-5-4-19(12)15(21)18-8-11-2-3-14(17)13(16)7-11/h2-3,7,10,12,20H,4-6,8-9H2,1H3,(H,18,21)/t10-,12+/m0/s1. The zero-order chi connectivity index (χ0) is 16.1. The molecule has 7 heteroatoms. The van der Waals surface area contributed by atoms with E-state index in [1.807, 2.05) is 0 Å². The highest BCUT2D eigenvalue weighted by Gasteiger charge is 2.28. The van der Waals surface area contributed by atoms with E-state index in [4.69, 9.17) is 16.3 Å². The molecule has 1 fully saturated rings.